The maximum Gasteiger partial charge on any atom is 0.267 e. The summed E-state index contributed by atoms with van der Waals surface area (Å²) in [4.78, 5) is 39.4. The predicted molar refractivity (Wildman–Crippen MR) is 119 cm³/mol. The summed E-state index contributed by atoms with van der Waals surface area (Å²) in [5, 5.41) is 8.13. The van der Waals surface area contributed by atoms with Crippen LogP contribution in [0.25, 0.3) is 0 Å². The lowest BCUT2D eigenvalue weighted by molar-refractivity contribution is -0.142. The summed E-state index contributed by atoms with van der Waals surface area (Å²) >= 11 is 0. The van der Waals surface area contributed by atoms with Crippen LogP contribution < -0.4 is 16.0 Å². The molecule has 2 aliphatic rings. The van der Waals surface area contributed by atoms with E-state index in [1.165, 1.54) is 0 Å². The Morgan fingerprint density at radius 1 is 1.30 bits per heavy atom. The second-order valence-corrected chi connectivity index (χ2v) is 8.67. The summed E-state index contributed by atoms with van der Waals surface area (Å²) in [7, 11) is 1.58. The van der Waals surface area contributed by atoms with Crippen LogP contribution in [0.4, 0.5) is 8.78 Å². The molecule has 3 N–H and O–H groups in total. The third kappa shape index (κ3) is 5.69. The molecule has 9 heteroatoms. The first kappa shape index (κ1) is 24.6. The smallest absolute Gasteiger partial charge is 0.267 e. The van der Waals surface area contributed by atoms with E-state index < -0.39 is 54.7 Å². The number of terminal acetylenes is 1. The number of hydrogen-bond acceptors (Lipinski definition) is 4. The standard InChI is InChI=1S/C24H30F2N4O3/c1-4-8-19(29-21(31)15(2)27-3)23(33)30-14-24(25,26)13-20(30)22(32)28-18-12-7-10-16-9-5-6-11-17(16)18/h1,5-6,9,11,15,18-20,27H,7-8,10,12-14H2,2-3H3,(H,28,32)(H,29,31)/t15-,18+,19-,20-/m0/s1. The van der Waals surface area contributed by atoms with Crippen LogP contribution in [0.2, 0.25) is 0 Å². The van der Waals surface area contributed by atoms with E-state index in [-0.39, 0.29) is 12.5 Å². The number of nitrogens with one attached hydrogen (secondary N) is 3. The molecule has 1 aromatic carbocycles. The fraction of sp³-hybridized carbons (Fsp3) is 0.542. The van der Waals surface area contributed by atoms with Crippen LogP contribution in [0.5, 0.6) is 0 Å². The number of aryl methyl sites for hydroxylation is 1. The van der Waals surface area contributed by atoms with E-state index in [9.17, 15) is 23.2 Å². The fourth-order valence-electron chi connectivity index (χ4n) is 4.40. The maximum atomic E-state index is 14.4. The van der Waals surface area contributed by atoms with Crippen LogP contribution >= 0.6 is 0 Å². The van der Waals surface area contributed by atoms with Gasteiger partial charge in [-0.3, -0.25) is 14.4 Å². The van der Waals surface area contributed by atoms with Gasteiger partial charge in [-0.05, 0) is 44.4 Å². The van der Waals surface area contributed by atoms with Crippen LogP contribution in [0, 0.1) is 12.3 Å². The van der Waals surface area contributed by atoms with E-state index in [0.29, 0.717) is 6.42 Å². The molecule has 7 nitrogen and oxygen atoms in total. The van der Waals surface area contributed by atoms with Gasteiger partial charge in [0.1, 0.15) is 12.1 Å². The van der Waals surface area contributed by atoms with Crippen molar-refractivity contribution in [2.24, 2.45) is 0 Å². The molecular formula is C24H30F2N4O3. The molecular weight excluding hydrogens is 430 g/mol. The zero-order valence-corrected chi connectivity index (χ0v) is 18.9. The molecule has 1 aliphatic heterocycles. The van der Waals surface area contributed by atoms with E-state index in [0.717, 1.165) is 28.9 Å². The van der Waals surface area contributed by atoms with Gasteiger partial charge in [0.05, 0.1) is 18.6 Å². The molecule has 0 aromatic heterocycles. The number of carbonyl (C=O) groups excluding carboxylic acids is 3. The van der Waals surface area contributed by atoms with Crippen molar-refractivity contribution < 1.29 is 23.2 Å². The highest BCUT2D eigenvalue weighted by atomic mass is 19.3. The van der Waals surface area contributed by atoms with Gasteiger partial charge in [-0.1, -0.05) is 24.3 Å². The Bertz CT molecular complexity index is 946. The summed E-state index contributed by atoms with van der Waals surface area (Å²) in [5.41, 5.74) is 2.09. The van der Waals surface area contributed by atoms with Crippen LogP contribution in [-0.4, -0.2) is 60.3 Å². The molecule has 1 heterocycles. The average Bonchev–Trinajstić information content (AvgIpc) is 3.13. The molecule has 4 atom stereocenters. The molecule has 1 aliphatic carbocycles. The molecule has 0 unspecified atom stereocenters. The molecule has 1 saturated heterocycles. The zero-order valence-electron chi connectivity index (χ0n) is 18.9. The van der Waals surface area contributed by atoms with E-state index >= 15 is 0 Å². The summed E-state index contributed by atoms with van der Waals surface area (Å²) in [6, 6.07) is 4.27. The number of likely N-dealkylation sites (N-methyl/N-ethyl adjacent to an activating group) is 1. The number of nitrogens with zero attached hydrogens (tertiary/aromatic N) is 1. The zero-order chi connectivity index (χ0) is 24.2. The molecule has 1 aromatic rings. The Morgan fingerprint density at radius 3 is 2.73 bits per heavy atom. The Morgan fingerprint density at radius 2 is 2.03 bits per heavy atom. The van der Waals surface area contributed by atoms with E-state index in [4.69, 9.17) is 6.42 Å². The number of amides is 3. The maximum absolute atomic E-state index is 14.4. The quantitative estimate of drug-likeness (QED) is 0.539. The lowest BCUT2D eigenvalue weighted by Crippen LogP contribution is -2.55. The minimum Gasteiger partial charge on any atom is -0.347 e. The van der Waals surface area contributed by atoms with Gasteiger partial charge in [0.15, 0.2) is 0 Å². The van der Waals surface area contributed by atoms with Crippen molar-refractivity contribution in [3.63, 3.8) is 0 Å². The van der Waals surface area contributed by atoms with Gasteiger partial charge in [0.2, 0.25) is 17.7 Å². The third-order valence-corrected chi connectivity index (χ3v) is 6.30. The highest BCUT2D eigenvalue weighted by Gasteiger charge is 2.51. The number of carbonyl (C=O) groups is 3. The van der Waals surface area contributed by atoms with Crippen molar-refractivity contribution in [1.29, 1.82) is 0 Å². The number of likely N-dealkylation sites (tertiary alicyclic amines) is 1. The van der Waals surface area contributed by atoms with Crippen molar-refractivity contribution in [2.75, 3.05) is 13.6 Å². The molecule has 0 spiro atoms. The van der Waals surface area contributed by atoms with E-state index in [1.54, 1.807) is 14.0 Å². The first-order valence-electron chi connectivity index (χ1n) is 11.1. The number of halogens is 2. The first-order valence-corrected chi connectivity index (χ1v) is 11.1. The van der Waals surface area contributed by atoms with E-state index in [1.807, 2.05) is 24.3 Å². The molecule has 3 amide bonds. The van der Waals surface area contributed by atoms with Crippen molar-refractivity contribution in [2.45, 2.75) is 69.1 Å². The van der Waals surface area contributed by atoms with Crippen molar-refractivity contribution in [3.8, 4) is 12.3 Å². The van der Waals surface area contributed by atoms with Gasteiger partial charge in [-0.2, -0.15) is 0 Å². The minimum atomic E-state index is -3.22. The monoisotopic (exact) mass is 460 g/mol. The van der Waals surface area contributed by atoms with Gasteiger partial charge in [0, 0.05) is 12.8 Å². The Hall–Kier alpha value is -2.99. The fourth-order valence-corrected chi connectivity index (χ4v) is 4.40. The molecule has 178 valence electrons. The number of benzene rings is 1. The molecule has 1 fully saturated rings. The van der Waals surface area contributed by atoms with Gasteiger partial charge >= 0.3 is 0 Å². The highest BCUT2D eigenvalue weighted by molar-refractivity contribution is 5.94. The lowest BCUT2D eigenvalue weighted by atomic mass is 9.87. The lowest BCUT2D eigenvalue weighted by Gasteiger charge is -2.31. The molecule has 0 radical (unpaired) electrons. The molecule has 0 bridgehead atoms. The largest absolute Gasteiger partial charge is 0.347 e. The number of rotatable bonds is 7. The number of alkyl halides is 2. The summed E-state index contributed by atoms with van der Waals surface area (Å²) in [6.45, 7) is 0.693. The second kappa shape index (κ2) is 10.3. The number of hydrogen-bond donors (Lipinski definition) is 3. The van der Waals surface area contributed by atoms with Crippen LogP contribution in [0.1, 0.15) is 49.8 Å². The van der Waals surface area contributed by atoms with Gasteiger partial charge < -0.3 is 20.9 Å². The van der Waals surface area contributed by atoms with Crippen molar-refractivity contribution in [1.82, 2.24) is 20.9 Å². The highest BCUT2D eigenvalue weighted by Crippen LogP contribution is 2.34. The molecule has 3 rings (SSSR count). The summed E-state index contributed by atoms with van der Waals surface area (Å²) in [5.74, 6) is -2.82. The van der Waals surface area contributed by atoms with Gasteiger partial charge in [0.25, 0.3) is 5.92 Å². The van der Waals surface area contributed by atoms with Crippen molar-refractivity contribution in [3.05, 3.63) is 35.4 Å². The number of fused-ring (bicyclic) bond motifs is 1. The van der Waals surface area contributed by atoms with Crippen LogP contribution in [0.3, 0.4) is 0 Å². The first-order chi connectivity index (χ1) is 15.7. The van der Waals surface area contributed by atoms with Gasteiger partial charge in [-0.15, -0.1) is 12.3 Å². The molecule has 0 saturated carbocycles. The third-order valence-electron chi connectivity index (χ3n) is 6.30. The van der Waals surface area contributed by atoms with Crippen molar-refractivity contribution >= 4 is 17.7 Å². The second-order valence-electron chi connectivity index (χ2n) is 8.67. The summed E-state index contributed by atoms with van der Waals surface area (Å²) < 4.78 is 28.7. The molecule has 33 heavy (non-hydrogen) atoms. The van der Waals surface area contributed by atoms with Crippen LogP contribution in [-0.2, 0) is 20.8 Å². The van der Waals surface area contributed by atoms with Gasteiger partial charge in [-0.25, -0.2) is 8.78 Å². The normalized spacial score (nSPS) is 23.1. The SMILES string of the molecule is C#CC[C@H](NC(=O)[C@H](C)NC)C(=O)N1CC(F)(F)C[C@H]1C(=O)N[C@@H]1CCCc2ccccc21. The Balaban J connectivity index is 1.78. The Labute approximate surface area is 192 Å². The van der Waals surface area contributed by atoms with Crippen LogP contribution in [0.15, 0.2) is 24.3 Å². The summed E-state index contributed by atoms with van der Waals surface area (Å²) in [6.07, 6.45) is 6.86. The predicted octanol–water partition coefficient (Wildman–Crippen LogP) is 1.53. The Kier molecular flexibility index (Phi) is 7.69. The average molecular weight is 461 g/mol. The van der Waals surface area contributed by atoms with E-state index in [2.05, 4.69) is 21.9 Å². The topological polar surface area (TPSA) is 90.5 Å². The minimum absolute atomic E-state index is 0.173.